The summed E-state index contributed by atoms with van der Waals surface area (Å²) in [5, 5.41) is 14.2. The van der Waals surface area contributed by atoms with Crippen LogP contribution in [0, 0.1) is 13.8 Å². The average molecular weight is 356 g/mol. The third kappa shape index (κ3) is 2.84. The second kappa shape index (κ2) is 6.87. The fraction of sp³-hybridized carbons (Fsp3) is 0.632. The number of hydrogen-bond acceptors (Lipinski definition) is 6. The molecule has 2 unspecified atom stereocenters. The van der Waals surface area contributed by atoms with Gasteiger partial charge in [-0.15, -0.1) is 0 Å². The highest BCUT2D eigenvalue weighted by atomic mass is 16.3. The zero-order chi connectivity index (χ0) is 18.3. The highest BCUT2D eigenvalue weighted by Crippen LogP contribution is 2.38. The van der Waals surface area contributed by atoms with Gasteiger partial charge in [0.25, 0.3) is 0 Å². The largest absolute Gasteiger partial charge is 0.394 e. The van der Waals surface area contributed by atoms with E-state index in [1.54, 1.807) is 6.33 Å². The molecule has 7 heteroatoms. The van der Waals surface area contributed by atoms with Crippen LogP contribution in [0.4, 0.5) is 11.6 Å². The van der Waals surface area contributed by atoms with Crippen LogP contribution in [-0.4, -0.2) is 50.6 Å². The predicted molar refractivity (Wildman–Crippen MR) is 101 cm³/mol. The van der Waals surface area contributed by atoms with Crippen molar-refractivity contribution in [2.75, 3.05) is 29.5 Å². The molecule has 4 rings (SSSR count). The molecule has 2 aliphatic heterocycles. The van der Waals surface area contributed by atoms with Gasteiger partial charge in [0, 0.05) is 37.5 Å². The molecule has 2 aliphatic rings. The van der Waals surface area contributed by atoms with Crippen LogP contribution in [0.3, 0.4) is 0 Å². The van der Waals surface area contributed by atoms with Crippen molar-refractivity contribution < 1.29 is 5.11 Å². The Morgan fingerprint density at radius 2 is 1.77 bits per heavy atom. The van der Waals surface area contributed by atoms with Crippen LogP contribution in [-0.2, 0) is 7.05 Å². The molecule has 2 aromatic rings. The zero-order valence-electron chi connectivity index (χ0n) is 15.9. The van der Waals surface area contributed by atoms with Crippen molar-refractivity contribution in [3.05, 3.63) is 29.3 Å². The first kappa shape index (κ1) is 17.3. The van der Waals surface area contributed by atoms with Crippen LogP contribution in [0.2, 0.25) is 0 Å². The average Bonchev–Trinajstić information content (AvgIpc) is 3.35. The second-order valence-corrected chi connectivity index (χ2v) is 7.47. The summed E-state index contributed by atoms with van der Waals surface area (Å²) in [5.74, 6) is 1.90. The fourth-order valence-electron chi connectivity index (χ4n) is 4.59. The molecule has 7 nitrogen and oxygen atoms in total. The van der Waals surface area contributed by atoms with Crippen LogP contribution < -0.4 is 9.80 Å². The van der Waals surface area contributed by atoms with E-state index in [-0.39, 0.29) is 12.6 Å². The van der Waals surface area contributed by atoms with Crippen LogP contribution >= 0.6 is 0 Å². The van der Waals surface area contributed by atoms with Crippen molar-refractivity contribution in [2.24, 2.45) is 7.05 Å². The lowest BCUT2D eigenvalue weighted by molar-refractivity contribution is 0.266. The topological polar surface area (TPSA) is 70.3 Å². The van der Waals surface area contributed by atoms with E-state index in [0.29, 0.717) is 6.04 Å². The minimum atomic E-state index is 0.176. The molecular weight excluding hydrogens is 328 g/mol. The molecular formula is C19H28N6O. The first-order valence-corrected chi connectivity index (χ1v) is 9.56. The van der Waals surface area contributed by atoms with Gasteiger partial charge in [0.15, 0.2) is 0 Å². The van der Waals surface area contributed by atoms with Crippen LogP contribution in [0.25, 0.3) is 0 Å². The highest BCUT2D eigenvalue weighted by molar-refractivity contribution is 5.54. The van der Waals surface area contributed by atoms with E-state index >= 15 is 0 Å². The van der Waals surface area contributed by atoms with Gasteiger partial charge >= 0.3 is 0 Å². The van der Waals surface area contributed by atoms with Gasteiger partial charge in [0.05, 0.1) is 24.4 Å². The molecule has 1 N–H and O–H groups in total. The lowest BCUT2D eigenvalue weighted by Gasteiger charge is -2.28. The number of aliphatic hydroxyl groups excluding tert-OH is 1. The fourth-order valence-corrected chi connectivity index (χ4v) is 4.59. The van der Waals surface area contributed by atoms with Crippen molar-refractivity contribution in [3.8, 4) is 0 Å². The van der Waals surface area contributed by atoms with E-state index in [1.165, 1.54) is 11.3 Å². The number of hydrogen-bond donors (Lipinski definition) is 1. The van der Waals surface area contributed by atoms with Gasteiger partial charge in [-0.1, -0.05) is 0 Å². The lowest BCUT2D eigenvalue weighted by Crippen LogP contribution is -2.33. The number of nitrogens with zero attached hydrogens (tertiary/aromatic N) is 6. The van der Waals surface area contributed by atoms with Crippen molar-refractivity contribution in [2.45, 2.75) is 51.6 Å². The maximum atomic E-state index is 9.63. The maximum absolute atomic E-state index is 9.63. The molecule has 2 saturated heterocycles. The smallest absolute Gasteiger partial charge is 0.134 e. The highest BCUT2D eigenvalue weighted by Gasteiger charge is 2.32. The van der Waals surface area contributed by atoms with Gasteiger partial charge in [0.2, 0.25) is 0 Å². The third-order valence-electron chi connectivity index (χ3n) is 5.97. The van der Waals surface area contributed by atoms with Crippen LogP contribution in [0.15, 0.2) is 12.4 Å². The van der Waals surface area contributed by atoms with Gasteiger partial charge in [-0.25, -0.2) is 9.97 Å². The minimum Gasteiger partial charge on any atom is -0.394 e. The van der Waals surface area contributed by atoms with E-state index in [9.17, 15) is 5.11 Å². The first-order valence-electron chi connectivity index (χ1n) is 9.56. The monoisotopic (exact) mass is 356 g/mol. The Morgan fingerprint density at radius 3 is 2.46 bits per heavy atom. The summed E-state index contributed by atoms with van der Waals surface area (Å²) < 4.78 is 1.97. The molecule has 0 radical (unpaired) electrons. The molecule has 2 atom stereocenters. The minimum absolute atomic E-state index is 0.176. The van der Waals surface area contributed by atoms with Crippen molar-refractivity contribution in [1.29, 1.82) is 0 Å². The summed E-state index contributed by atoms with van der Waals surface area (Å²) in [7, 11) is 2.01. The molecule has 0 aromatic carbocycles. The summed E-state index contributed by atoms with van der Waals surface area (Å²) in [6.45, 7) is 6.37. The molecule has 26 heavy (non-hydrogen) atoms. The van der Waals surface area contributed by atoms with Crippen LogP contribution in [0.1, 0.15) is 48.7 Å². The quantitative estimate of drug-likeness (QED) is 0.905. The Bertz CT molecular complexity index is 788. The zero-order valence-corrected chi connectivity index (χ0v) is 15.9. The summed E-state index contributed by atoms with van der Waals surface area (Å²) in [6.07, 6.45) is 6.06. The Hall–Kier alpha value is -2.15. The summed E-state index contributed by atoms with van der Waals surface area (Å²) >= 11 is 0. The van der Waals surface area contributed by atoms with E-state index < -0.39 is 0 Å². The number of aromatic nitrogens is 4. The summed E-state index contributed by atoms with van der Waals surface area (Å²) in [5.41, 5.74) is 3.67. The van der Waals surface area contributed by atoms with Gasteiger partial charge in [-0.2, -0.15) is 5.10 Å². The molecule has 140 valence electrons. The Labute approximate surface area is 154 Å². The Balaban J connectivity index is 1.65. The van der Waals surface area contributed by atoms with E-state index in [2.05, 4.69) is 44.8 Å². The molecule has 0 amide bonds. The second-order valence-electron chi connectivity index (χ2n) is 7.47. The SMILES string of the molecule is Cc1nn(C)c(C)c1C1CCCN1c1cc(N2CCCC2CO)ncn1. The normalized spacial score (nSPS) is 23.2. The third-order valence-corrected chi connectivity index (χ3v) is 5.97. The van der Waals surface area contributed by atoms with Gasteiger partial charge in [0.1, 0.15) is 18.0 Å². The maximum Gasteiger partial charge on any atom is 0.134 e. The summed E-state index contributed by atoms with van der Waals surface area (Å²) in [4.78, 5) is 13.7. The first-order chi connectivity index (χ1) is 12.6. The van der Waals surface area contributed by atoms with Gasteiger partial charge in [-0.05, 0) is 39.5 Å². The van der Waals surface area contributed by atoms with Crippen molar-refractivity contribution in [3.63, 3.8) is 0 Å². The number of rotatable bonds is 4. The Kier molecular flexibility index (Phi) is 4.56. The molecule has 2 fully saturated rings. The Morgan fingerprint density at radius 1 is 1.08 bits per heavy atom. The molecule has 0 bridgehead atoms. The standard InChI is InChI=1S/C19H28N6O/c1-13-19(14(2)23(3)22-13)16-7-5-9-25(16)18-10-17(20-12-21-18)24-8-4-6-15(24)11-26/h10,12,15-16,26H,4-9,11H2,1-3H3. The van der Waals surface area contributed by atoms with Gasteiger partial charge < -0.3 is 14.9 Å². The molecule has 2 aromatic heterocycles. The number of aryl methyl sites for hydroxylation is 2. The van der Waals surface area contributed by atoms with E-state index in [4.69, 9.17) is 0 Å². The lowest BCUT2D eigenvalue weighted by atomic mass is 10.0. The molecule has 0 spiro atoms. The van der Waals surface area contributed by atoms with Crippen LogP contribution in [0.5, 0.6) is 0 Å². The molecule has 0 aliphatic carbocycles. The van der Waals surface area contributed by atoms with Crippen molar-refractivity contribution in [1.82, 2.24) is 19.7 Å². The molecule has 0 saturated carbocycles. The predicted octanol–water partition coefficient (Wildman–Crippen LogP) is 2.13. The molecule has 4 heterocycles. The number of aliphatic hydroxyl groups is 1. The van der Waals surface area contributed by atoms with Crippen molar-refractivity contribution >= 4 is 11.6 Å². The number of anilines is 2. The van der Waals surface area contributed by atoms with Gasteiger partial charge in [-0.3, -0.25) is 4.68 Å². The summed E-state index contributed by atoms with van der Waals surface area (Å²) in [6, 6.07) is 2.58. The van der Waals surface area contributed by atoms with E-state index in [1.807, 2.05) is 11.7 Å². The van der Waals surface area contributed by atoms with E-state index in [0.717, 1.165) is 56.1 Å².